The minimum atomic E-state index is 0.0515. The van der Waals surface area contributed by atoms with Crippen LogP contribution in [0.1, 0.15) is 25.1 Å². The van der Waals surface area contributed by atoms with Gasteiger partial charge in [0, 0.05) is 12.2 Å². The molecule has 1 heterocycles. The van der Waals surface area contributed by atoms with Gasteiger partial charge in [-0.15, -0.1) is 0 Å². The van der Waals surface area contributed by atoms with Crippen LogP contribution in [0.3, 0.4) is 0 Å². The molecule has 2 rings (SSSR count). The maximum Gasteiger partial charge on any atom is 0.275 e. The first-order valence-corrected chi connectivity index (χ1v) is 6.75. The van der Waals surface area contributed by atoms with Crippen molar-refractivity contribution in [2.75, 3.05) is 13.1 Å². The molecule has 0 radical (unpaired) electrons. The van der Waals surface area contributed by atoms with E-state index < -0.39 is 0 Å². The van der Waals surface area contributed by atoms with E-state index in [2.05, 4.69) is 23.8 Å². The van der Waals surface area contributed by atoms with Crippen LogP contribution in [0.15, 0.2) is 35.1 Å². The standard InChI is InChI=1S/C15H21N3O/c1-4-17(5-2)11-14-12(3)16-18(15(14)19)13-9-7-6-8-10-13/h6-10,16H,4-5,11H2,1-3H3. The second-order valence-corrected chi connectivity index (χ2v) is 4.65. The number of aryl methyl sites for hydroxylation is 1. The van der Waals surface area contributed by atoms with E-state index >= 15 is 0 Å². The van der Waals surface area contributed by atoms with Crippen LogP contribution in [-0.2, 0) is 6.54 Å². The first-order valence-electron chi connectivity index (χ1n) is 6.75. The molecule has 0 unspecified atom stereocenters. The summed E-state index contributed by atoms with van der Waals surface area (Å²) >= 11 is 0. The predicted octanol–water partition coefficient (Wildman–Crippen LogP) is 2.32. The van der Waals surface area contributed by atoms with Crippen LogP contribution in [0.4, 0.5) is 0 Å². The number of rotatable bonds is 5. The quantitative estimate of drug-likeness (QED) is 0.895. The molecule has 0 aliphatic heterocycles. The molecule has 0 aliphatic carbocycles. The number of aromatic nitrogens is 2. The Morgan fingerprint density at radius 3 is 2.37 bits per heavy atom. The number of H-pyrrole nitrogens is 1. The Hall–Kier alpha value is -1.81. The van der Waals surface area contributed by atoms with Gasteiger partial charge in [-0.3, -0.25) is 14.8 Å². The Morgan fingerprint density at radius 2 is 1.79 bits per heavy atom. The van der Waals surface area contributed by atoms with Crippen molar-refractivity contribution in [2.45, 2.75) is 27.3 Å². The highest BCUT2D eigenvalue weighted by molar-refractivity contribution is 5.32. The molecule has 0 saturated carbocycles. The van der Waals surface area contributed by atoms with Crippen molar-refractivity contribution in [1.29, 1.82) is 0 Å². The summed E-state index contributed by atoms with van der Waals surface area (Å²) in [7, 11) is 0. The highest BCUT2D eigenvalue weighted by atomic mass is 16.1. The van der Waals surface area contributed by atoms with E-state index in [0.29, 0.717) is 6.54 Å². The highest BCUT2D eigenvalue weighted by Gasteiger charge is 2.14. The Kier molecular flexibility index (Phi) is 4.22. The van der Waals surface area contributed by atoms with Crippen LogP contribution in [0, 0.1) is 6.92 Å². The Balaban J connectivity index is 2.38. The van der Waals surface area contributed by atoms with Crippen LogP contribution in [-0.4, -0.2) is 27.8 Å². The van der Waals surface area contributed by atoms with Crippen molar-refractivity contribution >= 4 is 0 Å². The smallest absolute Gasteiger partial charge is 0.275 e. The third kappa shape index (κ3) is 2.79. The van der Waals surface area contributed by atoms with Gasteiger partial charge >= 0.3 is 0 Å². The van der Waals surface area contributed by atoms with Gasteiger partial charge in [0.2, 0.25) is 0 Å². The number of nitrogens with one attached hydrogen (secondary N) is 1. The van der Waals surface area contributed by atoms with E-state index in [9.17, 15) is 4.79 Å². The Bertz CT molecular complexity index is 579. The number of hydrogen-bond donors (Lipinski definition) is 1. The van der Waals surface area contributed by atoms with E-state index in [1.807, 2.05) is 37.3 Å². The minimum absolute atomic E-state index is 0.0515. The number of hydrogen-bond acceptors (Lipinski definition) is 2. The van der Waals surface area contributed by atoms with Crippen molar-refractivity contribution in [3.63, 3.8) is 0 Å². The van der Waals surface area contributed by atoms with Crippen molar-refractivity contribution in [3.8, 4) is 5.69 Å². The molecule has 0 aliphatic rings. The summed E-state index contributed by atoms with van der Waals surface area (Å²) in [5.41, 5.74) is 2.73. The molecule has 0 saturated heterocycles. The van der Waals surface area contributed by atoms with Gasteiger partial charge in [0.25, 0.3) is 5.56 Å². The average Bonchev–Trinajstić information content (AvgIpc) is 2.73. The summed E-state index contributed by atoms with van der Waals surface area (Å²) in [4.78, 5) is 14.7. The van der Waals surface area contributed by atoms with Gasteiger partial charge < -0.3 is 0 Å². The summed E-state index contributed by atoms with van der Waals surface area (Å²) in [5, 5.41) is 3.16. The zero-order chi connectivity index (χ0) is 13.8. The van der Waals surface area contributed by atoms with Crippen LogP contribution < -0.4 is 5.56 Å². The Labute approximate surface area is 113 Å². The average molecular weight is 259 g/mol. The largest absolute Gasteiger partial charge is 0.299 e. The van der Waals surface area contributed by atoms with Crippen LogP contribution >= 0.6 is 0 Å². The lowest BCUT2D eigenvalue weighted by Crippen LogP contribution is -2.27. The molecule has 0 amide bonds. The molecule has 0 bridgehead atoms. The van der Waals surface area contributed by atoms with Gasteiger partial charge in [0.15, 0.2) is 0 Å². The summed E-state index contributed by atoms with van der Waals surface area (Å²) in [5.74, 6) is 0. The molecule has 1 N–H and O–H groups in total. The zero-order valence-corrected chi connectivity index (χ0v) is 11.8. The molecular formula is C15H21N3O. The van der Waals surface area contributed by atoms with E-state index in [1.54, 1.807) is 4.68 Å². The highest BCUT2D eigenvalue weighted by Crippen LogP contribution is 2.08. The summed E-state index contributed by atoms with van der Waals surface area (Å²) in [6, 6.07) is 9.67. The fourth-order valence-electron chi connectivity index (χ4n) is 2.20. The van der Waals surface area contributed by atoms with Crippen molar-refractivity contribution < 1.29 is 0 Å². The lowest BCUT2D eigenvalue weighted by atomic mass is 10.2. The van der Waals surface area contributed by atoms with E-state index in [4.69, 9.17) is 0 Å². The van der Waals surface area contributed by atoms with Crippen LogP contribution in [0.25, 0.3) is 5.69 Å². The van der Waals surface area contributed by atoms with E-state index in [-0.39, 0.29) is 5.56 Å². The number of para-hydroxylation sites is 1. The first-order chi connectivity index (χ1) is 9.17. The third-order valence-electron chi connectivity index (χ3n) is 3.48. The number of benzene rings is 1. The molecule has 0 spiro atoms. The number of aromatic amines is 1. The predicted molar refractivity (Wildman–Crippen MR) is 77.8 cm³/mol. The van der Waals surface area contributed by atoms with Crippen LogP contribution in [0.5, 0.6) is 0 Å². The minimum Gasteiger partial charge on any atom is -0.299 e. The maximum atomic E-state index is 12.5. The van der Waals surface area contributed by atoms with Gasteiger partial charge in [0.1, 0.15) is 0 Å². The second kappa shape index (κ2) is 5.89. The van der Waals surface area contributed by atoms with Crippen molar-refractivity contribution in [3.05, 3.63) is 51.9 Å². The molecule has 19 heavy (non-hydrogen) atoms. The lowest BCUT2D eigenvalue weighted by molar-refractivity contribution is 0.294. The second-order valence-electron chi connectivity index (χ2n) is 4.65. The third-order valence-corrected chi connectivity index (χ3v) is 3.48. The summed E-state index contributed by atoms with van der Waals surface area (Å²) in [6.07, 6.45) is 0. The van der Waals surface area contributed by atoms with Crippen molar-refractivity contribution in [2.24, 2.45) is 0 Å². The normalized spacial score (nSPS) is 11.2. The summed E-state index contributed by atoms with van der Waals surface area (Å²) in [6.45, 7) is 8.79. The molecule has 2 aromatic rings. The molecule has 1 aromatic heterocycles. The van der Waals surface area contributed by atoms with Gasteiger partial charge in [-0.05, 0) is 32.1 Å². The summed E-state index contributed by atoms with van der Waals surface area (Å²) < 4.78 is 1.62. The fraction of sp³-hybridized carbons (Fsp3) is 0.400. The SMILES string of the molecule is CCN(CC)Cc1c(C)[nH]n(-c2ccccc2)c1=O. The van der Waals surface area contributed by atoms with Crippen molar-refractivity contribution in [1.82, 2.24) is 14.7 Å². The molecule has 4 heteroatoms. The molecule has 102 valence electrons. The van der Waals surface area contributed by atoms with E-state index in [0.717, 1.165) is 30.0 Å². The molecule has 0 atom stereocenters. The molecule has 1 aromatic carbocycles. The monoisotopic (exact) mass is 259 g/mol. The fourth-order valence-corrected chi connectivity index (χ4v) is 2.20. The topological polar surface area (TPSA) is 41.0 Å². The first kappa shape index (κ1) is 13.6. The van der Waals surface area contributed by atoms with Gasteiger partial charge in [0.05, 0.1) is 11.3 Å². The number of nitrogens with zero attached hydrogens (tertiary/aromatic N) is 2. The lowest BCUT2D eigenvalue weighted by Gasteiger charge is -2.16. The van der Waals surface area contributed by atoms with Gasteiger partial charge in [-0.1, -0.05) is 32.0 Å². The zero-order valence-electron chi connectivity index (χ0n) is 11.8. The molecular weight excluding hydrogens is 238 g/mol. The Morgan fingerprint density at radius 1 is 1.16 bits per heavy atom. The van der Waals surface area contributed by atoms with Gasteiger partial charge in [-0.2, -0.15) is 0 Å². The van der Waals surface area contributed by atoms with Gasteiger partial charge in [-0.25, -0.2) is 4.68 Å². The van der Waals surface area contributed by atoms with Crippen LogP contribution in [0.2, 0.25) is 0 Å². The van der Waals surface area contributed by atoms with E-state index in [1.165, 1.54) is 0 Å². The molecule has 4 nitrogen and oxygen atoms in total. The maximum absolute atomic E-state index is 12.5. The molecule has 0 fully saturated rings.